The summed E-state index contributed by atoms with van der Waals surface area (Å²) in [5.41, 5.74) is 5.12. The van der Waals surface area contributed by atoms with Crippen LogP contribution in [0.2, 0.25) is 0 Å². The molecular formula is C22H15I. The normalized spacial score (nSPS) is 10.8. The van der Waals surface area contributed by atoms with Crippen LogP contribution in [0.4, 0.5) is 0 Å². The third-order valence-corrected chi connectivity index (χ3v) is 5.06. The van der Waals surface area contributed by atoms with E-state index in [1.165, 1.54) is 36.6 Å². The molecule has 0 aliphatic carbocycles. The van der Waals surface area contributed by atoms with Crippen LogP contribution >= 0.6 is 22.6 Å². The SMILES string of the molecule is Ic1ccc(-c2ccccc2)c2cccc(-c3ccccc3)c12. The maximum Gasteiger partial charge on any atom is 0.0215 e. The first-order valence-corrected chi connectivity index (χ1v) is 8.74. The highest BCUT2D eigenvalue weighted by atomic mass is 127. The summed E-state index contributed by atoms with van der Waals surface area (Å²) >= 11 is 2.45. The number of hydrogen-bond donors (Lipinski definition) is 0. The lowest BCUT2D eigenvalue weighted by Crippen LogP contribution is -1.88. The van der Waals surface area contributed by atoms with Crippen molar-refractivity contribution in [2.24, 2.45) is 0 Å². The molecular weight excluding hydrogens is 391 g/mol. The van der Waals surface area contributed by atoms with Crippen LogP contribution in [0.25, 0.3) is 33.0 Å². The van der Waals surface area contributed by atoms with Gasteiger partial charge in [-0.2, -0.15) is 0 Å². The molecule has 0 atom stereocenters. The van der Waals surface area contributed by atoms with Crippen LogP contribution in [0.3, 0.4) is 0 Å². The Hall–Kier alpha value is -2.13. The van der Waals surface area contributed by atoms with E-state index in [-0.39, 0.29) is 0 Å². The molecule has 0 radical (unpaired) electrons. The second-order valence-electron chi connectivity index (χ2n) is 5.56. The summed E-state index contributed by atoms with van der Waals surface area (Å²) in [5.74, 6) is 0. The molecule has 0 saturated heterocycles. The highest BCUT2D eigenvalue weighted by molar-refractivity contribution is 14.1. The van der Waals surface area contributed by atoms with Crippen molar-refractivity contribution in [2.75, 3.05) is 0 Å². The third kappa shape index (κ3) is 2.66. The molecule has 4 aromatic carbocycles. The lowest BCUT2D eigenvalue weighted by Gasteiger charge is -2.13. The van der Waals surface area contributed by atoms with E-state index in [2.05, 4.69) is 114 Å². The van der Waals surface area contributed by atoms with Gasteiger partial charge in [0.15, 0.2) is 0 Å². The Morgan fingerprint density at radius 2 is 1.09 bits per heavy atom. The van der Waals surface area contributed by atoms with Crippen LogP contribution < -0.4 is 0 Å². The first kappa shape index (κ1) is 14.5. The Balaban J connectivity index is 2.06. The monoisotopic (exact) mass is 406 g/mol. The zero-order valence-electron chi connectivity index (χ0n) is 12.5. The molecule has 0 aliphatic rings. The standard InChI is InChI=1S/C22H15I/c23-21-15-14-18(16-8-3-1-4-9-16)20-13-7-12-19(22(20)21)17-10-5-2-6-11-17/h1-15H. The van der Waals surface area contributed by atoms with Crippen LogP contribution in [0.1, 0.15) is 0 Å². The smallest absolute Gasteiger partial charge is 0.0215 e. The first-order valence-electron chi connectivity index (χ1n) is 7.67. The van der Waals surface area contributed by atoms with Gasteiger partial charge in [0.1, 0.15) is 0 Å². The third-order valence-electron chi connectivity index (χ3n) is 4.16. The molecule has 0 N–H and O–H groups in total. The molecule has 0 aromatic heterocycles. The summed E-state index contributed by atoms with van der Waals surface area (Å²) in [5, 5.41) is 2.64. The van der Waals surface area contributed by atoms with Crippen molar-refractivity contribution < 1.29 is 0 Å². The topological polar surface area (TPSA) is 0 Å². The summed E-state index contributed by atoms with van der Waals surface area (Å²) in [4.78, 5) is 0. The van der Waals surface area contributed by atoms with E-state index in [4.69, 9.17) is 0 Å². The van der Waals surface area contributed by atoms with Gasteiger partial charge in [-0.15, -0.1) is 0 Å². The second-order valence-corrected chi connectivity index (χ2v) is 6.72. The highest BCUT2D eigenvalue weighted by Crippen LogP contribution is 2.37. The molecule has 0 bridgehead atoms. The fourth-order valence-corrected chi connectivity index (χ4v) is 3.85. The maximum atomic E-state index is 2.45. The van der Waals surface area contributed by atoms with Gasteiger partial charge in [-0.1, -0.05) is 84.9 Å². The molecule has 0 amide bonds. The average molecular weight is 406 g/mol. The molecule has 4 aromatic rings. The van der Waals surface area contributed by atoms with E-state index >= 15 is 0 Å². The van der Waals surface area contributed by atoms with Crippen LogP contribution in [0.15, 0.2) is 91.0 Å². The second kappa shape index (κ2) is 6.17. The van der Waals surface area contributed by atoms with Crippen molar-refractivity contribution in [1.29, 1.82) is 0 Å². The number of rotatable bonds is 2. The van der Waals surface area contributed by atoms with Crippen molar-refractivity contribution in [1.82, 2.24) is 0 Å². The fourth-order valence-electron chi connectivity index (χ4n) is 3.09. The summed E-state index contributed by atoms with van der Waals surface area (Å²) < 4.78 is 1.29. The van der Waals surface area contributed by atoms with Gasteiger partial charge in [0, 0.05) is 8.96 Å². The van der Waals surface area contributed by atoms with Gasteiger partial charge in [-0.3, -0.25) is 0 Å². The average Bonchev–Trinajstić information content (AvgIpc) is 2.63. The minimum atomic E-state index is 1.26. The lowest BCUT2D eigenvalue weighted by molar-refractivity contribution is 1.61. The Bertz CT molecular complexity index is 957. The molecule has 0 unspecified atom stereocenters. The van der Waals surface area contributed by atoms with Gasteiger partial charge < -0.3 is 0 Å². The predicted molar refractivity (Wildman–Crippen MR) is 108 cm³/mol. The Morgan fingerprint density at radius 1 is 0.478 bits per heavy atom. The molecule has 23 heavy (non-hydrogen) atoms. The number of benzene rings is 4. The lowest BCUT2D eigenvalue weighted by atomic mass is 9.93. The van der Waals surface area contributed by atoms with Crippen LogP contribution in [0, 0.1) is 3.57 Å². The van der Waals surface area contributed by atoms with Crippen molar-refractivity contribution in [2.45, 2.75) is 0 Å². The fraction of sp³-hybridized carbons (Fsp3) is 0. The van der Waals surface area contributed by atoms with Crippen LogP contribution in [-0.2, 0) is 0 Å². The van der Waals surface area contributed by atoms with Gasteiger partial charge in [0.05, 0.1) is 0 Å². The molecule has 0 heterocycles. The van der Waals surface area contributed by atoms with E-state index in [1.54, 1.807) is 0 Å². The quantitative estimate of drug-likeness (QED) is 0.322. The summed E-state index contributed by atoms with van der Waals surface area (Å²) in [6.07, 6.45) is 0. The van der Waals surface area contributed by atoms with Gasteiger partial charge in [-0.05, 0) is 56.3 Å². The first-order chi connectivity index (χ1) is 11.3. The molecule has 0 fully saturated rings. The van der Waals surface area contributed by atoms with E-state index in [9.17, 15) is 0 Å². The van der Waals surface area contributed by atoms with E-state index < -0.39 is 0 Å². The Morgan fingerprint density at radius 3 is 1.74 bits per heavy atom. The Labute approximate surface area is 149 Å². The van der Waals surface area contributed by atoms with Gasteiger partial charge in [0.25, 0.3) is 0 Å². The number of halogens is 1. The number of hydrogen-bond acceptors (Lipinski definition) is 0. The number of fused-ring (bicyclic) bond motifs is 1. The minimum absolute atomic E-state index is 1.26. The van der Waals surface area contributed by atoms with Gasteiger partial charge in [0.2, 0.25) is 0 Å². The van der Waals surface area contributed by atoms with E-state index in [0.717, 1.165) is 0 Å². The molecule has 4 rings (SSSR count). The highest BCUT2D eigenvalue weighted by Gasteiger charge is 2.11. The molecule has 0 aliphatic heterocycles. The zero-order valence-corrected chi connectivity index (χ0v) is 14.7. The van der Waals surface area contributed by atoms with Gasteiger partial charge in [-0.25, -0.2) is 0 Å². The molecule has 1 heteroatoms. The van der Waals surface area contributed by atoms with E-state index in [1.807, 2.05) is 0 Å². The van der Waals surface area contributed by atoms with Crippen molar-refractivity contribution in [3.8, 4) is 22.3 Å². The molecule has 0 saturated carbocycles. The summed E-state index contributed by atoms with van der Waals surface area (Å²) in [6.45, 7) is 0. The van der Waals surface area contributed by atoms with Crippen molar-refractivity contribution >= 4 is 33.4 Å². The molecule has 0 nitrogen and oxygen atoms in total. The minimum Gasteiger partial charge on any atom is -0.0622 e. The predicted octanol–water partition coefficient (Wildman–Crippen LogP) is 6.78. The largest absolute Gasteiger partial charge is 0.0622 e. The van der Waals surface area contributed by atoms with Crippen LogP contribution in [0.5, 0.6) is 0 Å². The molecule has 110 valence electrons. The zero-order chi connectivity index (χ0) is 15.6. The van der Waals surface area contributed by atoms with Crippen molar-refractivity contribution in [3.63, 3.8) is 0 Å². The van der Waals surface area contributed by atoms with Gasteiger partial charge >= 0.3 is 0 Å². The Kier molecular flexibility index (Phi) is 3.88. The molecule has 0 spiro atoms. The van der Waals surface area contributed by atoms with Crippen LogP contribution in [-0.4, -0.2) is 0 Å². The summed E-state index contributed by atoms with van der Waals surface area (Å²) in [7, 11) is 0. The summed E-state index contributed by atoms with van der Waals surface area (Å²) in [6, 6.07) is 32.3. The maximum absolute atomic E-state index is 2.45. The van der Waals surface area contributed by atoms with E-state index in [0.29, 0.717) is 0 Å². The van der Waals surface area contributed by atoms with Crippen molar-refractivity contribution in [3.05, 3.63) is 94.6 Å².